The molecule has 1 heterocycles. The van der Waals surface area contributed by atoms with Crippen molar-refractivity contribution >= 4 is 16.4 Å². The molecule has 12 nitrogen and oxygen atoms in total. The minimum Gasteiger partial charge on any atom is -0.457 e. The Morgan fingerprint density at radius 3 is 1.58 bits per heavy atom. The fourth-order valence-electron chi connectivity index (χ4n) is 7.36. The first-order valence-electron chi connectivity index (χ1n) is 25.0. The second kappa shape index (κ2) is 42.2. The predicted octanol–water partition coefficient (Wildman–Crippen LogP) is 11.3. The number of aliphatic hydroxyl groups excluding tert-OH is 3. The van der Waals surface area contributed by atoms with Crippen molar-refractivity contribution in [2.24, 2.45) is 0 Å². The van der Waals surface area contributed by atoms with E-state index in [2.05, 4.69) is 78.8 Å². The highest BCUT2D eigenvalue weighted by Gasteiger charge is 2.48. The summed E-state index contributed by atoms with van der Waals surface area (Å²) >= 11 is 0. The molecular formula is C51H90O12S. The van der Waals surface area contributed by atoms with Crippen molar-refractivity contribution in [1.82, 2.24) is 0 Å². The molecule has 13 heteroatoms. The van der Waals surface area contributed by atoms with Crippen molar-refractivity contribution in [1.29, 1.82) is 0 Å². The largest absolute Gasteiger partial charge is 0.457 e. The molecule has 0 aromatic carbocycles. The van der Waals surface area contributed by atoms with Crippen molar-refractivity contribution in [2.75, 3.05) is 26.4 Å². The molecule has 1 aliphatic heterocycles. The number of carbonyl (C=O) groups excluding carboxylic acids is 1. The van der Waals surface area contributed by atoms with Crippen LogP contribution < -0.4 is 0 Å². The van der Waals surface area contributed by atoms with E-state index in [-0.39, 0.29) is 19.6 Å². The zero-order chi connectivity index (χ0) is 46.8. The zero-order valence-electron chi connectivity index (χ0n) is 39.8. The first-order chi connectivity index (χ1) is 31.1. The topological polar surface area (TPSA) is 178 Å². The van der Waals surface area contributed by atoms with E-state index in [1.807, 2.05) is 0 Å². The molecule has 1 rings (SSSR count). The Balaban J connectivity index is 2.38. The Kier molecular flexibility index (Phi) is 39.4. The second-order valence-electron chi connectivity index (χ2n) is 17.0. The quantitative estimate of drug-likeness (QED) is 0.0197. The molecule has 1 aliphatic rings. The summed E-state index contributed by atoms with van der Waals surface area (Å²) in [4.78, 5) is 12.9. The van der Waals surface area contributed by atoms with Crippen LogP contribution in [0, 0.1) is 0 Å². The molecule has 0 radical (unpaired) electrons. The van der Waals surface area contributed by atoms with Gasteiger partial charge in [0.25, 0.3) is 0 Å². The van der Waals surface area contributed by atoms with E-state index in [1.54, 1.807) is 0 Å². The van der Waals surface area contributed by atoms with Gasteiger partial charge in [0, 0.05) is 13.0 Å². The maximum atomic E-state index is 12.9. The number of carbonyl (C=O) groups is 1. The van der Waals surface area contributed by atoms with Gasteiger partial charge in [-0.05, 0) is 77.0 Å². The van der Waals surface area contributed by atoms with E-state index < -0.39 is 59.8 Å². The predicted molar refractivity (Wildman–Crippen MR) is 257 cm³/mol. The van der Waals surface area contributed by atoms with Crippen molar-refractivity contribution < 1.29 is 56.2 Å². The van der Waals surface area contributed by atoms with E-state index >= 15 is 0 Å². The van der Waals surface area contributed by atoms with Crippen LogP contribution >= 0.6 is 0 Å². The lowest BCUT2D eigenvalue weighted by molar-refractivity contribution is -0.301. The van der Waals surface area contributed by atoms with Gasteiger partial charge < -0.3 is 34.3 Å². The van der Waals surface area contributed by atoms with Crippen LogP contribution in [0.25, 0.3) is 0 Å². The van der Waals surface area contributed by atoms with Crippen LogP contribution in [0.4, 0.5) is 0 Å². The van der Waals surface area contributed by atoms with Crippen molar-refractivity contribution in [3.63, 3.8) is 0 Å². The zero-order valence-corrected chi connectivity index (χ0v) is 40.6. The molecule has 0 aromatic heterocycles. The summed E-state index contributed by atoms with van der Waals surface area (Å²) in [7, 11) is -5.07. The molecule has 0 bridgehead atoms. The summed E-state index contributed by atoms with van der Waals surface area (Å²) in [6, 6.07) is 0. The number of hydrogen-bond acceptors (Lipinski definition) is 11. The van der Waals surface area contributed by atoms with Crippen molar-refractivity contribution in [2.45, 2.75) is 230 Å². The van der Waals surface area contributed by atoms with E-state index in [9.17, 15) is 33.1 Å². The third-order valence-electron chi connectivity index (χ3n) is 11.1. The Labute approximate surface area is 388 Å². The van der Waals surface area contributed by atoms with Crippen LogP contribution in [-0.2, 0) is 38.3 Å². The van der Waals surface area contributed by atoms with Crippen molar-refractivity contribution in [3.05, 3.63) is 60.8 Å². The van der Waals surface area contributed by atoms with Gasteiger partial charge in [0.1, 0.15) is 30.5 Å². The SMILES string of the molecule is CC/C=C\C/C=C\C/C=C\CCCCCCCCCCOCC(COC1OC(CO)C(O)C(OS(=O)(=O)O)C1O)OC(=O)CCCCCCCCCCC/C=C\C/C=C\CCCCC. The third-order valence-corrected chi connectivity index (χ3v) is 11.6. The minimum absolute atomic E-state index is 0.0272. The molecule has 1 saturated heterocycles. The fourth-order valence-corrected chi connectivity index (χ4v) is 7.87. The van der Waals surface area contributed by atoms with Gasteiger partial charge in [0.15, 0.2) is 6.29 Å². The number of allylic oxidation sites excluding steroid dienone is 10. The first kappa shape index (κ1) is 59.8. The number of rotatable bonds is 43. The molecule has 0 aliphatic carbocycles. The fraction of sp³-hybridized carbons (Fsp3) is 0.784. The standard InChI is InChI=1S/C51H90O12S/c1-3-5-7-9-11-13-15-17-19-21-23-24-26-28-30-32-34-36-38-40-47(53)61-45(44-60-51-49(55)50(63-64(56,57)58)48(54)46(42-52)62-51)43-59-41-39-37-35-33-31-29-27-25-22-20-18-16-14-12-10-8-6-4-2/h6,8,11-14,17-20,45-46,48-52,54-55H,3-5,7,9-10,15-16,21-44H2,1-2H3,(H,56,57,58)/b8-6-,13-11-,14-12-,19-17-,20-18-. The van der Waals surface area contributed by atoms with Gasteiger partial charge in [-0.2, -0.15) is 8.42 Å². The Morgan fingerprint density at radius 1 is 0.609 bits per heavy atom. The maximum absolute atomic E-state index is 12.9. The molecule has 372 valence electrons. The number of aliphatic hydroxyl groups is 3. The van der Waals surface area contributed by atoms with E-state index in [0.717, 1.165) is 77.0 Å². The molecule has 1 fully saturated rings. The number of esters is 1. The highest BCUT2D eigenvalue weighted by Crippen LogP contribution is 2.26. The Morgan fingerprint density at radius 2 is 1.08 bits per heavy atom. The summed E-state index contributed by atoms with van der Waals surface area (Å²) < 4.78 is 59.2. The molecule has 0 saturated carbocycles. The average molecular weight is 927 g/mol. The lowest BCUT2D eigenvalue weighted by Gasteiger charge is -2.41. The number of hydrogen-bond donors (Lipinski definition) is 4. The van der Waals surface area contributed by atoms with Gasteiger partial charge in [-0.15, -0.1) is 0 Å². The molecule has 64 heavy (non-hydrogen) atoms. The second-order valence-corrected chi connectivity index (χ2v) is 18.1. The van der Waals surface area contributed by atoms with Crippen LogP contribution in [0.15, 0.2) is 60.8 Å². The van der Waals surface area contributed by atoms with Crippen LogP contribution in [0.3, 0.4) is 0 Å². The molecule has 6 atom stereocenters. The Bertz CT molecular complexity index is 1350. The normalized spacial score (nSPS) is 20.2. The minimum atomic E-state index is -5.07. The summed E-state index contributed by atoms with van der Waals surface area (Å²) in [6.07, 6.45) is 43.9. The monoisotopic (exact) mass is 927 g/mol. The molecule has 4 N–H and O–H groups in total. The van der Waals surface area contributed by atoms with Crippen LogP contribution in [0.1, 0.15) is 194 Å². The van der Waals surface area contributed by atoms with Crippen molar-refractivity contribution in [3.8, 4) is 0 Å². The summed E-state index contributed by atoms with van der Waals surface area (Å²) in [5.41, 5.74) is 0. The van der Waals surface area contributed by atoms with E-state index in [1.165, 1.54) is 89.9 Å². The molecule has 0 spiro atoms. The van der Waals surface area contributed by atoms with Gasteiger partial charge in [-0.1, -0.05) is 171 Å². The molecule has 6 unspecified atom stereocenters. The van der Waals surface area contributed by atoms with Gasteiger partial charge in [0.2, 0.25) is 0 Å². The Hall–Kier alpha value is -2.20. The highest BCUT2D eigenvalue weighted by molar-refractivity contribution is 7.80. The van der Waals surface area contributed by atoms with E-state index in [0.29, 0.717) is 13.0 Å². The van der Waals surface area contributed by atoms with E-state index in [4.69, 9.17) is 18.9 Å². The van der Waals surface area contributed by atoms with Gasteiger partial charge in [-0.25, -0.2) is 4.18 Å². The maximum Gasteiger partial charge on any atom is 0.397 e. The van der Waals surface area contributed by atoms with Crippen LogP contribution in [0.5, 0.6) is 0 Å². The number of unbranched alkanes of at least 4 members (excludes halogenated alkanes) is 20. The molecule has 0 amide bonds. The highest BCUT2D eigenvalue weighted by atomic mass is 32.3. The summed E-state index contributed by atoms with van der Waals surface area (Å²) in [6.45, 7) is 3.84. The van der Waals surface area contributed by atoms with Gasteiger partial charge in [-0.3, -0.25) is 9.35 Å². The third kappa shape index (κ3) is 35.1. The lowest BCUT2D eigenvalue weighted by Crippen LogP contribution is -2.60. The lowest BCUT2D eigenvalue weighted by atomic mass is 9.99. The number of ether oxygens (including phenoxy) is 4. The molecular weight excluding hydrogens is 837 g/mol. The van der Waals surface area contributed by atoms with Crippen LogP contribution in [-0.4, -0.2) is 97.5 Å². The molecule has 0 aromatic rings. The summed E-state index contributed by atoms with van der Waals surface area (Å²) in [5, 5.41) is 30.7. The van der Waals surface area contributed by atoms with Gasteiger partial charge in [0.05, 0.1) is 19.8 Å². The smallest absolute Gasteiger partial charge is 0.397 e. The van der Waals surface area contributed by atoms with Gasteiger partial charge >= 0.3 is 16.4 Å². The van der Waals surface area contributed by atoms with Crippen LogP contribution in [0.2, 0.25) is 0 Å². The first-order valence-corrected chi connectivity index (χ1v) is 26.4. The summed E-state index contributed by atoms with van der Waals surface area (Å²) in [5.74, 6) is -0.408. The average Bonchev–Trinajstić information content (AvgIpc) is 3.27.